The Morgan fingerprint density at radius 2 is 2.37 bits per heavy atom. The average Bonchev–Trinajstić information content (AvgIpc) is 2.75. The number of ether oxygens (including phenoxy) is 1. The zero-order chi connectivity index (χ0) is 14.3. The van der Waals surface area contributed by atoms with E-state index in [2.05, 4.69) is 10.4 Å². The fraction of sp³-hybridized carbons (Fsp3) is 0.667. The highest BCUT2D eigenvalue weighted by atomic mass is 35.5. The van der Waals surface area contributed by atoms with Gasteiger partial charge in [-0.2, -0.15) is 5.10 Å². The molecule has 5 nitrogen and oxygen atoms in total. The van der Waals surface area contributed by atoms with Gasteiger partial charge in [-0.15, -0.1) is 0 Å². The van der Waals surface area contributed by atoms with Crippen molar-refractivity contribution in [2.24, 2.45) is 0 Å². The second-order valence-corrected chi connectivity index (χ2v) is 5.01. The second kappa shape index (κ2) is 8.35. The molecule has 0 saturated carbocycles. The number of aromatic nitrogens is 2. The predicted octanol–water partition coefficient (Wildman–Crippen LogP) is 1.90. The van der Waals surface area contributed by atoms with Gasteiger partial charge in [-0.1, -0.05) is 11.6 Å². The van der Waals surface area contributed by atoms with Gasteiger partial charge in [0.2, 0.25) is 0 Å². The highest BCUT2D eigenvalue weighted by molar-refractivity contribution is 7.80. The van der Waals surface area contributed by atoms with Crippen LogP contribution >= 0.6 is 23.8 Å². The Hall–Kier alpha value is -0.850. The number of nitrogens with zero attached hydrogens (tertiary/aromatic N) is 3. The molecule has 1 aromatic rings. The van der Waals surface area contributed by atoms with Crippen LogP contribution in [0.25, 0.3) is 0 Å². The minimum Gasteiger partial charge on any atom is -0.385 e. The molecule has 1 heterocycles. The molecule has 0 bridgehead atoms. The number of aryl methyl sites for hydroxylation is 1. The van der Waals surface area contributed by atoms with Crippen molar-refractivity contribution < 1.29 is 4.74 Å². The molecule has 1 aromatic heterocycles. The summed E-state index contributed by atoms with van der Waals surface area (Å²) in [7, 11) is 3.61. The Kier molecular flexibility index (Phi) is 7.12. The first-order chi connectivity index (χ1) is 9.08. The van der Waals surface area contributed by atoms with Crippen LogP contribution in [0, 0.1) is 0 Å². The molecule has 7 heteroatoms. The third-order valence-corrected chi connectivity index (χ3v) is 3.42. The van der Waals surface area contributed by atoms with Gasteiger partial charge in [-0.05, 0) is 25.6 Å². The number of hydrogen-bond acceptors (Lipinski definition) is 3. The van der Waals surface area contributed by atoms with Gasteiger partial charge in [0, 0.05) is 40.1 Å². The van der Waals surface area contributed by atoms with Gasteiger partial charge in [0.15, 0.2) is 5.11 Å². The van der Waals surface area contributed by atoms with Gasteiger partial charge in [-0.3, -0.25) is 4.68 Å². The van der Waals surface area contributed by atoms with Gasteiger partial charge in [0.25, 0.3) is 0 Å². The highest BCUT2D eigenvalue weighted by Gasteiger charge is 2.11. The van der Waals surface area contributed by atoms with E-state index in [9.17, 15) is 0 Å². The second-order valence-electron chi connectivity index (χ2n) is 4.21. The predicted molar refractivity (Wildman–Crippen MR) is 81.5 cm³/mol. The first kappa shape index (κ1) is 16.2. The first-order valence-corrected chi connectivity index (χ1v) is 7.06. The van der Waals surface area contributed by atoms with Crippen LogP contribution in [0.1, 0.15) is 19.0 Å². The highest BCUT2D eigenvalue weighted by Crippen LogP contribution is 2.15. The van der Waals surface area contributed by atoms with Crippen molar-refractivity contribution >= 4 is 28.9 Å². The maximum atomic E-state index is 6.13. The number of nitrogens with one attached hydrogen (secondary N) is 1. The lowest BCUT2D eigenvalue weighted by molar-refractivity contribution is 0.195. The monoisotopic (exact) mass is 304 g/mol. The average molecular weight is 305 g/mol. The summed E-state index contributed by atoms with van der Waals surface area (Å²) in [5.41, 5.74) is 0.840. The summed E-state index contributed by atoms with van der Waals surface area (Å²) in [5, 5.41) is 8.94. The fourth-order valence-corrected chi connectivity index (χ4v) is 1.93. The molecule has 0 aliphatic heterocycles. The van der Waals surface area contributed by atoms with E-state index in [4.69, 9.17) is 28.6 Å². The van der Waals surface area contributed by atoms with Crippen molar-refractivity contribution in [2.45, 2.75) is 26.4 Å². The molecular formula is C12H21ClN4OS. The standard InChI is InChI=1S/C12H21ClN4OS/c1-4-17-8-10(13)11(15-17)9-16(2)12(19)14-6-5-7-18-3/h8H,4-7,9H2,1-3H3,(H,14,19). The van der Waals surface area contributed by atoms with Gasteiger partial charge >= 0.3 is 0 Å². The minimum atomic E-state index is 0.599. The van der Waals surface area contributed by atoms with Crippen molar-refractivity contribution in [1.82, 2.24) is 20.0 Å². The molecule has 0 unspecified atom stereocenters. The first-order valence-electron chi connectivity index (χ1n) is 6.28. The summed E-state index contributed by atoms with van der Waals surface area (Å²) < 4.78 is 6.80. The summed E-state index contributed by atoms with van der Waals surface area (Å²) in [6.07, 6.45) is 2.76. The Bertz CT molecular complexity index is 410. The zero-order valence-corrected chi connectivity index (χ0v) is 13.2. The molecule has 0 aliphatic rings. The van der Waals surface area contributed by atoms with Crippen LogP contribution in [0.3, 0.4) is 0 Å². The molecule has 1 N–H and O–H groups in total. The lowest BCUT2D eigenvalue weighted by atomic mass is 10.4. The van der Waals surface area contributed by atoms with E-state index < -0.39 is 0 Å². The van der Waals surface area contributed by atoms with Crippen LogP contribution in [0.2, 0.25) is 5.02 Å². The normalized spacial score (nSPS) is 10.5. The molecule has 1 rings (SSSR count). The van der Waals surface area contributed by atoms with Crippen LogP contribution in [-0.2, 0) is 17.8 Å². The number of halogens is 1. The van der Waals surface area contributed by atoms with Gasteiger partial charge < -0.3 is 15.0 Å². The molecular weight excluding hydrogens is 284 g/mol. The molecule has 0 saturated heterocycles. The largest absolute Gasteiger partial charge is 0.385 e. The van der Waals surface area contributed by atoms with Crippen molar-refractivity contribution in [3.63, 3.8) is 0 Å². The minimum absolute atomic E-state index is 0.599. The van der Waals surface area contributed by atoms with E-state index in [0.29, 0.717) is 16.7 Å². The van der Waals surface area contributed by atoms with Crippen LogP contribution in [-0.4, -0.2) is 47.1 Å². The lowest BCUT2D eigenvalue weighted by Gasteiger charge is -2.20. The lowest BCUT2D eigenvalue weighted by Crippen LogP contribution is -2.37. The van der Waals surface area contributed by atoms with E-state index in [-0.39, 0.29) is 0 Å². The summed E-state index contributed by atoms with van der Waals surface area (Å²) in [6.45, 7) is 4.96. The fourth-order valence-electron chi connectivity index (χ4n) is 1.55. The van der Waals surface area contributed by atoms with E-state index in [1.165, 1.54) is 0 Å². The maximum absolute atomic E-state index is 6.13. The molecule has 108 valence electrons. The van der Waals surface area contributed by atoms with E-state index in [0.717, 1.165) is 31.8 Å². The molecule has 0 amide bonds. The van der Waals surface area contributed by atoms with Crippen molar-refractivity contribution in [1.29, 1.82) is 0 Å². The van der Waals surface area contributed by atoms with Crippen LogP contribution < -0.4 is 5.32 Å². The summed E-state index contributed by atoms with van der Waals surface area (Å²) in [6, 6.07) is 0. The topological polar surface area (TPSA) is 42.3 Å². The van der Waals surface area contributed by atoms with Gasteiger partial charge in [0.1, 0.15) is 5.69 Å². The SMILES string of the molecule is CCn1cc(Cl)c(CN(C)C(=S)NCCCOC)n1. The Morgan fingerprint density at radius 3 is 2.95 bits per heavy atom. The van der Waals surface area contributed by atoms with E-state index in [1.54, 1.807) is 7.11 Å². The molecule has 0 fully saturated rings. The van der Waals surface area contributed by atoms with Gasteiger partial charge in [0.05, 0.1) is 11.6 Å². The molecule has 19 heavy (non-hydrogen) atoms. The van der Waals surface area contributed by atoms with E-state index in [1.807, 2.05) is 29.7 Å². The smallest absolute Gasteiger partial charge is 0.169 e. The Morgan fingerprint density at radius 1 is 1.63 bits per heavy atom. The quantitative estimate of drug-likeness (QED) is 0.615. The number of hydrogen-bond donors (Lipinski definition) is 1. The van der Waals surface area contributed by atoms with Crippen molar-refractivity contribution in [2.75, 3.05) is 27.3 Å². The van der Waals surface area contributed by atoms with Crippen molar-refractivity contribution in [3.05, 3.63) is 16.9 Å². The van der Waals surface area contributed by atoms with Crippen LogP contribution in [0.15, 0.2) is 6.20 Å². The molecule has 0 atom stereocenters. The molecule has 0 aromatic carbocycles. The number of rotatable bonds is 7. The van der Waals surface area contributed by atoms with E-state index >= 15 is 0 Å². The number of methoxy groups -OCH3 is 1. The summed E-state index contributed by atoms with van der Waals surface area (Å²) in [5.74, 6) is 0. The van der Waals surface area contributed by atoms with Gasteiger partial charge in [-0.25, -0.2) is 0 Å². The van der Waals surface area contributed by atoms with Crippen LogP contribution in [0.5, 0.6) is 0 Å². The molecule has 0 radical (unpaired) electrons. The van der Waals surface area contributed by atoms with Crippen LogP contribution in [0.4, 0.5) is 0 Å². The third kappa shape index (κ3) is 5.34. The summed E-state index contributed by atoms with van der Waals surface area (Å²) >= 11 is 11.4. The third-order valence-electron chi connectivity index (χ3n) is 2.65. The zero-order valence-electron chi connectivity index (χ0n) is 11.6. The number of thiocarbonyl (C=S) groups is 1. The Balaban J connectivity index is 2.42. The summed E-state index contributed by atoms with van der Waals surface area (Å²) in [4.78, 5) is 1.93. The maximum Gasteiger partial charge on any atom is 0.169 e. The molecule has 0 aliphatic carbocycles. The Labute approximate surface area is 124 Å². The van der Waals surface area contributed by atoms with Crippen molar-refractivity contribution in [3.8, 4) is 0 Å². The molecule has 0 spiro atoms.